The van der Waals surface area contributed by atoms with E-state index in [1.54, 1.807) is 0 Å². The van der Waals surface area contributed by atoms with E-state index in [1.165, 1.54) is 0 Å². The van der Waals surface area contributed by atoms with E-state index in [0.717, 1.165) is 17.1 Å². The Morgan fingerprint density at radius 3 is 2.36 bits per heavy atom. The van der Waals surface area contributed by atoms with Gasteiger partial charge in [0.25, 0.3) is 0 Å². The van der Waals surface area contributed by atoms with Gasteiger partial charge in [0, 0.05) is 17.1 Å². The third-order valence-electron chi connectivity index (χ3n) is 1.31. The molecule has 1 amide bonds. The van der Waals surface area contributed by atoms with Crippen LogP contribution in [-0.2, 0) is 4.79 Å². The van der Waals surface area contributed by atoms with E-state index in [9.17, 15) is 4.79 Å². The number of aromatic nitrogens is 1. The average Bonchev–Trinajstić information content (AvgIpc) is 1.85. The number of carbonyl (C=O) groups excluding carboxylic acids is 1. The molecule has 1 aromatic heterocycles. The zero-order valence-electron chi connectivity index (χ0n) is 6.59. The quantitative estimate of drug-likeness (QED) is 0.645. The van der Waals surface area contributed by atoms with Crippen LogP contribution in [0.15, 0.2) is 12.1 Å². The van der Waals surface area contributed by atoms with Gasteiger partial charge in [-0.1, -0.05) is 0 Å². The number of nitrogens with one attached hydrogen (secondary N) is 1. The lowest BCUT2D eigenvalue weighted by atomic mass is 10.3. The summed E-state index contributed by atoms with van der Waals surface area (Å²) in [5.41, 5.74) is 2.62. The number of pyridine rings is 1. The van der Waals surface area contributed by atoms with Gasteiger partial charge in [0.15, 0.2) is 0 Å². The smallest absolute Gasteiger partial charge is 0.211 e. The fourth-order valence-corrected chi connectivity index (χ4v) is 0.986. The zero-order chi connectivity index (χ0) is 8.27. The molecule has 0 spiro atoms. The van der Waals surface area contributed by atoms with Crippen molar-refractivity contribution in [2.75, 3.05) is 5.32 Å². The first-order valence-corrected chi connectivity index (χ1v) is 3.38. The molecule has 0 aliphatic heterocycles. The minimum atomic E-state index is 0.661. The van der Waals surface area contributed by atoms with Gasteiger partial charge in [-0.2, -0.15) is 0 Å². The molecule has 3 nitrogen and oxygen atoms in total. The predicted octanol–water partition coefficient (Wildman–Crippen LogP) is 1.27. The van der Waals surface area contributed by atoms with E-state index in [1.807, 2.05) is 26.0 Å². The Morgan fingerprint density at radius 1 is 1.36 bits per heavy atom. The van der Waals surface area contributed by atoms with Crippen LogP contribution in [0.25, 0.3) is 0 Å². The van der Waals surface area contributed by atoms with E-state index in [-0.39, 0.29) is 0 Å². The Hall–Kier alpha value is -1.38. The molecule has 0 unspecified atom stereocenters. The molecule has 11 heavy (non-hydrogen) atoms. The molecule has 0 atom stereocenters. The fraction of sp³-hybridized carbons (Fsp3) is 0.250. The van der Waals surface area contributed by atoms with Crippen LogP contribution in [0.1, 0.15) is 11.4 Å². The fourth-order valence-electron chi connectivity index (χ4n) is 0.986. The molecule has 1 heterocycles. The lowest BCUT2D eigenvalue weighted by molar-refractivity contribution is -0.105. The molecule has 0 aliphatic rings. The maximum absolute atomic E-state index is 10.1. The maximum atomic E-state index is 10.1. The van der Waals surface area contributed by atoms with E-state index in [2.05, 4.69) is 10.3 Å². The molecule has 0 radical (unpaired) electrons. The third kappa shape index (κ3) is 2.04. The summed E-state index contributed by atoms with van der Waals surface area (Å²) in [6, 6.07) is 3.64. The maximum Gasteiger partial charge on any atom is 0.211 e. The van der Waals surface area contributed by atoms with Crippen LogP contribution < -0.4 is 5.32 Å². The first-order valence-electron chi connectivity index (χ1n) is 3.38. The van der Waals surface area contributed by atoms with Crippen LogP contribution in [-0.4, -0.2) is 11.4 Å². The molecule has 1 rings (SSSR count). The Bertz CT molecular complexity index is 251. The van der Waals surface area contributed by atoms with Gasteiger partial charge in [0.05, 0.1) is 0 Å². The molecule has 0 aromatic carbocycles. The zero-order valence-corrected chi connectivity index (χ0v) is 6.59. The molecule has 1 aromatic rings. The lowest BCUT2D eigenvalue weighted by Gasteiger charge is -2.00. The van der Waals surface area contributed by atoms with Crippen molar-refractivity contribution >= 4 is 12.1 Å². The second kappa shape index (κ2) is 3.14. The number of nitrogens with zero attached hydrogens (tertiary/aromatic N) is 1. The molecular weight excluding hydrogens is 140 g/mol. The van der Waals surface area contributed by atoms with Gasteiger partial charge in [-0.05, 0) is 26.0 Å². The Kier molecular flexibility index (Phi) is 2.21. The molecule has 58 valence electrons. The highest BCUT2D eigenvalue weighted by molar-refractivity contribution is 5.71. The normalized spacial score (nSPS) is 9.27. The number of anilines is 1. The number of carbonyl (C=O) groups is 1. The summed E-state index contributed by atoms with van der Waals surface area (Å²) in [7, 11) is 0. The average molecular weight is 150 g/mol. The highest BCUT2D eigenvalue weighted by Gasteiger charge is 1.93. The van der Waals surface area contributed by atoms with Gasteiger partial charge in [0.1, 0.15) is 0 Å². The van der Waals surface area contributed by atoms with Gasteiger partial charge < -0.3 is 5.32 Å². The SMILES string of the molecule is Cc1cc(NC=O)cc(C)n1. The summed E-state index contributed by atoms with van der Waals surface area (Å²) in [6.07, 6.45) is 0.661. The van der Waals surface area contributed by atoms with Crippen molar-refractivity contribution in [3.8, 4) is 0 Å². The molecular formula is C8H10N2O. The molecule has 0 aliphatic carbocycles. The van der Waals surface area contributed by atoms with E-state index >= 15 is 0 Å². The second-order valence-corrected chi connectivity index (χ2v) is 2.40. The van der Waals surface area contributed by atoms with Crippen LogP contribution in [0.3, 0.4) is 0 Å². The summed E-state index contributed by atoms with van der Waals surface area (Å²) in [4.78, 5) is 14.2. The summed E-state index contributed by atoms with van der Waals surface area (Å²) in [6.45, 7) is 3.78. The minimum Gasteiger partial charge on any atom is -0.329 e. The molecule has 0 saturated carbocycles. The Morgan fingerprint density at radius 2 is 1.91 bits per heavy atom. The number of rotatable bonds is 2. The van der Waals surface area contributed by atoms with Gasteiger partial charge >= 0.3 is 0 Å². The van der Waals surface area contributed by atoms with Crippen LogP contribution in [0.5, 0.6) is 0 Å². The Labute approximate surface area is 65.5 Å². The molecule has 1 N–H and O–H groups in total. The van der Waals surface area contributed by atoms with Crippen molar-refractivity contribution < 1.29 is 4.79 Å². The van der Waals surface area contributed by atoms with Gasteiger partial charge in [-0.3, -0.25) is 9.78 Å². The third-order valence-corrected chi connectivity index (χ3v) is 1.31. The predicted molar refractivity (Wildman–Crippen MR) is 43.4 cm³/mol. The minimum absolute atomic E-state index is 0.661. The molecule has 0 fully saturated rings. The van der Waals surface area contributed by atoms with Crippen molar-refractivity contribution in [3.05, 3.63) is 23.5 Å². The molecule has 0 bridgehead atoms. The van der Waals surface area contributed by atoms with Crippen LogP contribution >= 0.6 is 0 Å². The second-order valence-electron chi connectivity index (χ2n) is 2.40. The largest absolute Gasteiger partial charge is 0.329 e. The van der Waals surface area contributed by atoms with Gasteiger partial charge in [0.2, 0.25) is 6.41 Å². The first-order chi connectivity index (χ1) is 5.22. The number of amides is 1. The Balaban J connectivity index is 2.98. The lowest BCUT2D eigenvalue weighted by Crippen LogP contribution is -1.96. The number of hydrogen-bond acceptors (Lipinski definition) is 2. The highest BCUT2D eigenvalue weighted by atomic mass is 16.1. The first kappa shape index (κ1) is 7.72. The van der Waals surface area contributed by atoms with Gasteiger partial charge in [-0.15, -0.1) is 0 Å². The van der Waals surface area contributed by atoms with Crippen LogP contribution in [0, 0.1) is 13.8 Å². The highest BCUT2D eigenvalue weighted by Crippen LogP contribution is 2.08. The van der Waals surface area contributed by atoms with E-state index < -0.39 is 0 Å². The van der Waals surface area contributed by atoms with Crippen molar-refractivity contribution in [1.29, 1.82) is 0 Å². The van der Waals surface area contributed by atoms with E-state index in [4.69, 9.17) is 0 Å². The van der Waals surface area contributed by atoms with Crippen molar-refractivity contribution in [2.45, 2.75) is 13.8 Å². The van der Waals surface area contributed by atoms with Crippen molar-refractivity contribution in [3.63, 3.8) is 0 Å². The molecule has 3 heteroatoms. The summed E-state index contributed by atoms with van der Waals surface area (Å²) in [5.74, 6) is 0. The van der Waals surface area contributed by atoms with E-state index in [0.29, 0.717) is 6.41 Å². The standard InChI is InChI=1S/C8H10N2O/c1-6-3-8(9-5-11)4-7(2)10-6/h3-5H,1-2H3,(H,9,10,11). The summed E-state index contributed by atoms with van der Waals surface area (Å²) in [5, 5.41) is 2.57. The topological polar surface area (TPSA) is 42.0 Å². The van der Waals surface area contributed by atoms with Crippen LogP contribution in [0.2, 0.25) is 0 Å². The monoisotopic (exact) mass is 150 g/mol. The van der Waals surface area contributed by atoms with Crippen LogP contribution in [0.4, 0.5) is 5.69 Å². The van der Waals surface area contributed by atoms with Crippen molar-refractivity contribution in [1.82, 2.24) is 4.98 Å². The summed E-state index contributed by atoms with van der Waals surface area (Å²) >= 11 is 0. The summed E-state index contributed by atoms with van der Waals surface area (Å²) < 4.78 is 0. The van der Waals surface area contributed by atoms with Crippen molar-refractivity contribution in [2.24, 2.45) is 0 Å². The van der Waals surface area contributed by atoms with Gasteiger partial charge in [-0.25, -0.2) is 0 Å². The number of aryl methyl sites for hydroxylation is 2. The molecule has 0 saturated heterocycles. The number of hydrogen-bond donors (Lipinski definition) is 1.